The van der Waals surface area contributed by atoms with Crippen LogP contribution in [0.3, 0.4) is 0 Å². The van der Waals surface area contributed by atoms with Crippen LogP contribution in [0.25, 0.3) is 17.2 Å². The van der Waals surface area contributed by atoms with Gasteiger partial charge in [0.1, 0.15) is 28.0 Å². The van der Waals surface area contributed by atoms with E-state index in [0.717, 1.165) is 17.5 Å². The monoisotopic (exact) mass is 474 g/mol. The molecule has 0 saturated carbocycles. The van der Waals surface area contributed by atoms with Crippen LogP contribution in [0.15, 0.2) is 59.5 Å². The lowest BCUT2D eigenvalue weighted by molar-refractivity contribution is -0.112. The number of hydrogen-bond acceptors (Lipinski definition) is 6. The van der Waals surface area contributed by atoms with Gasteiger partial charge in [-0.1, -0.05) is 55.0 Å². The van der Waals surface area contributed by atoms with Crippen molar-refractivity contribution in [2.24, 2.45) is 0 Å². The quantitative estimate of drug-likeness (QED) is 0.225. The third-order valence-corrected chi connectivity index (χ3v) is 5.80. The molecule has 0 unspecified atom stereocenters. The van der Waals surface area contributed by atoms with E-state index >= 15 is 0 Å². The molecule has 0 aliphatic carbocycles. The van der Waals surface area contributed by atoms with Crippen molar-refractivity contribution in [2.45, 2.75) is 27.2 Å². The Morgan fingerprint density at radius 3 is 2.53 bits per heavy atom. The van der Waals surface area contributed by atoms with Crippen LogP contribution in [-0.4, -0.2) is 25.1 Å². The molecule has 0 fully saturated rings. The first-order valence-electron chi connectivity index (χ1n) is 11.0. The standard InChI is InChI=1S/C27H26N2O4S/c1-4-14-33-23-9-7-6-8-20(23)15-21(16-28)25(30)29-26-24(27(31)32-5-2)22(17-34-26)19-12-10-18(3)11-13-19/h6-13,15,17H,4-5,14H2,1-3H3,(H,29,30)/b21-15+. The Balaban J connectivity index is 1.94. The van der Waals surface area contributed by atoms with Gasteiger partial charge in [-0.15, -0.1) is 11.3 Å². The number of nitriles is 1. The molecule has 34 heavy (non-hydrogen) atoms. The first-order valence-corrected chi connectivity index (χ1v) is 11.9. The molecule has 0 aliphatic rings. The van der Waals surface area contributed by atoms with Crippen LogP contribution in [0, 0.1) is 18.3 Å². The molecule has 0 radical (unpaired) electrons. The summed E-state index contributed by atoms with van der Waals surface area (Å²) in [5.41, 5.74) is 3.39. The number of esters is 1. The van der Waals surface area contributed by atoms with E-state index in [0.29, 0.717) is 28.5 Å². The van der Waals surface area contributed by atoms with E-state index in [4.69, 9.17) is 9.47 Å². The fourth-order valence-electron chi connectivity index (χ4n) is 3.22. The number of amides is 1. The summed E-state index contributed by atoms with van der Waals surface area (Å²) in [5.74, 6) is -0.555. The maximum Gasteiger partial charge on any atom is 0.341 e. The van der Waals surface area contributed by atoms with Gasteiger partial charge < -0.3 is 14.8 Å². The van der Waals surface area contributed by atoms with Gasteiger partial charge in [-0.3, -0.25) is 4.79 Å². The van der Waals surface area contributed by atoms with Crippen molar-refractivity contribution in [2.75, 3.05) is 18.5 Å². The van der Waals surface area contributed by atoms with Crippen LogP contribution in [-0.2, 0) is 9.53 Å². The van der Waals surface area contributed by atoms with E-state index in [1.165, 1.54) is 17.4 Å². The van der Waals surface area contributed by atoms with E-state index in [-0.39, 0.29) is 17.7 Å². The van der Waals surface area contributed by atoms with E-state index in [9.17, 15) is 14.9 Å². The average Bonchev–Trinajstić information content (AvgIpc) is 3.25. The minimum Gasteiger partial charge on any atom is -0.493 e. The van der Waals surface area contributed by atoms with Crippen molar-refractivity contribution in [3.8, 4) is 22.9 Å². The van der Waals surface area contributed by atoms with Crippen LogP contribution in [0.5, 0.6) is 5.75 Å². The number of ether oxygens (including phenoxy) is 2. The number of rotatable bonds is 9. The van der Waals surface area contributed by atoms with E-state index in [1.54, 1.807) is 24.4 Å². The Morgan fingerprint density at radius 1 is 1.12 bits per heavy atom. The molecule has 1 aromatic heterocycles. The SMILES string of the molecule is CCCOc1ccccc1/C=C(\C#N)C(=O)Nc1scc(-c2ccc(C)cc2)c1C(=O)OCC. The molecule has 174 valence electrons. The first kappa shape index (κ1) is 24.7. The summed E-state index contributed by atoms with van der Waals surface area (Å²) in [6, 6.07) is 16.9. The molecule has 3 aromatic rings. The molecule has 6 nitrogen and oxygen atoms in total. The number of carbonyl (C=O) groups is 2. The minimum absolute atomic E-state index is 0.104. The Bertz CT molecular complexity index is 1240. The minimum atomic E-state index is -0.615. The fourth-order valence-corrected chi connectivity index (χ4v) is 4.17. The normalized spacial score (nSPS) is 10.9. The molecule has 7 heteroatoms. The zero-order valence-electron chi connectivity index (χ0n) is 19.4. The molecular weight excluding hydrogens is 448 g/mol. The van der Waals surface area contributed by atoms with E-state index < -0.39 is 11.9 Å². The van der Waals surface area contributed by atoms with Crippen molar-refractivity contribution in [1.82, 2.24) is 0 Å². The second-order valence-corrected chi connectivity index (χ2v) is 8.33. The van der Waals surface area contributed by atoms with Gasteiger partial charge in [0.25, 0.3) is 5.91 Å². The van der Waals surface area contributed by atoms with Gasteiger partial charge in [0.05, 0.1) is 13.2 Å². The van der Waals surface area contributed by atoms with Crippen molar-refractivity contribution in [3.05, 3.63) is 76.2 Å². The Morgan fingerprint density at radius 2 is 1.85 bits per heavy atom. The molecule has 0 atom stereocenters. The van der Waals surface area contributed by atoms with Gasteiger partial charge in [0.15, 0.2) is 0 Å². The number of aryl methyl sites for hydroxylation is 1. The highest BCUT2D eigenvalue weighted by Gasteiger charge is 2.24. The van der Waals surface area contributed by atoms with Crippen molar-refractivity contribution < 1.29 is 19.1 Å². The van der Waals surface area contributed by atoms with Gasteiger partial charge >= 0.3 is 5.97 Å². The molecule has 0 saturated heterocycles. The zero-order chi connectivity index (χ0) is 24.5. The van der Waals surface area contributed by atoms with Crippen LogP contribution >= 0.6 is 11.3 Å². The number of thiophene rings is 1. The fraction of sp³-hybridized carbons (Fsp3) is 0.222. The summed E-state index contributed by atoms with van der Waals surface area (Å²) in [6.45, 7) is 6.44. The second-order valence-electron chi connectivity index (χ2n) is 7.45. The smallest absolute Gasteiger partial charge is 0.341 e. The number of nitrogens with one attached hydrogen (secondary N) is 1. The summed E-state index contributed by atoms with van der Waals surface area (Å²) in [4.78, 5) is 25.8. The molecule has 0 bridgehead atoms. The van der Waals surface area contributed by atoms with Crippen molar-refractivity contribution >= 4 is 34.3 Å². The zero-order valence-corrected chi connectivity index (χ0v) is 20.2. The molecule has 1 amide bonds. The van der Waals surface area contributed by atoms with Crippen LogP contribution in [0.4, 0.5) is 5.00 Å². The number of hydrogen-bond donors (Lipinski definition) is 1. The molecule has 2 aromatic carbocycles. The molecule has 0 spiro atoms. The first-order chi connectivity index (χ1) is 16.5. The summed E-state index contributed by atoms with van der Waals surface area (Å²) in [6.07, 6.45) is 2.32. The topological polar surface area (TPSA) is 88.4 Å². The second kappa shape index (κ2) is 11.8. The summed E-state index contributed by atoms with van der Waals surface area (Å²) in [7, 11) is 0. The average molecular weight is 475 g/mol. The predicted molar refractivity (Wildman–Crippen MR) is 135 cm³/mol. The largest absolute Gasteiger partial charge is 0.493 e. The summed E-state index contributed by atoms with van der Waals surface area (Å²) in [5, 5.41) is 14.5. The molecular formula is C27H26N2O4S. The molecule has 1 heterocycles. The predicted octanol–water partition coefficient (Wildman–Crippen LogP) is 6.23. The molecule has 1 N–H and O–H groups in total. The van der Waals surface area contributed by atoms with Crippen molar-refractivity contribution in [1.29, 1.82) is 5.26 Å². The highest BCUT2D eigenvalue weighted by Crippen LogP contribution is 2.36. The van der Waals surface area contributed by atoms with E-state index in [1.807, 2.05) is 56.3 Å². The lowest BCUT2D eigenvalue weighted by Gasteiger charge is -2.10. The van der Waals surface area contributed by atoms with Crippen LogP contribution < -0.4 is 10.1 Å². The van der Waals surface area contributed by atoms with Gasteiger partial charge in [-0.2, -0.15) is 5.26 Å². The molecule has 3 rings (SSSR count). The Labute approximate surface area is 203 Å². The number of carbonyl (C=O) groups excluding carboxylic acids is 2. The number of anilines is 1. The van der Waals surface area contributed by atoms with Gasteiger partial charge in [-0.25, -0.2) is 4.79 Å². The van der Waals surface area contributed by atoms with Crippen LogP contribution in [0.2, 0.25) is 0 Å². The third kappa shape index (κ3) is 5.91. The Hall–Kier alpha value is -3.89. The lowest BCUT2D eigenvalue weighted by Crippen LogP contribution is -2.16. The van der Waals surface area contributed by atoms with Gasteiger partial charge in [0, 0.05) is 16.5 Å². The summed E-state index contributed by atoms with van der Waals surface area (Å²) < 4.78 is 11.0. The van der Waals surface area contributed by atoms with Gasteiger partial charge in [0.2, 0.25) is 0 Å². The maximum absolute atomic E-state index is 13.0. The third-order valence-electron chi connectivity index (χ3n) is 4.91. The number of nitrogens with zero attached hydrogens (tertiary/aromatic N) is 1. The van der Waals surface area contributed by atoms with E-state index in [2.05, 4.69) is 5.32 Å². The highest BCUT2D eigenvalue weighted by atomic mass is 32.1. The highest BCUT2D eigenvalue weighted by molar-refractivity contribution is 7.15. The maximum atomic E-state index is 13.0. The van der Waals surface area contributed by atoms with Crippen LogP contribution in [0.1, 0.15) is 41.8 Å². The van der Waals surface area contributed by atoms with Crippen molar-refractivity contribution in [3.63, 3.8) is 0 Å². The Kier molecular flexibility index (Phi) is 8.60. The number of para-hydroxylation sites is 1. The lowest BCUT2D eigenvalue weighted by atomic mass is 10.0. The molecule has 0 aliphatic heterocycles. The number of benzene rings is 2. The van der Waals surface area contributed by atoms with Gasteiger partial charge in [-0.05, 0) is 38.0 Å². The summed E-state index contributed by atoms with van der Waals surface area (Å²) >= 11 is 1.21.